The first-order chi connectivity index (χ1) is 6.90. The Morgan fingerprint density at radius 1 is 1.00 bits per heavy atom. The lowest BCUT2D eigenvalue weighted by atomic mass is 9.91. The fraction of sp³-hybridized carbons (Fsp3) is 0.583. The molecular weight excluding hydrogens is 172 g/mol. The van der Waals surface area contributed by atoms with Crippen LogP contribution in [0.15, 0.2) is 30.6 Å². The van der Waals surface area contributed by atoms with E-state index in [1.165, 1.54) is 25.7 Å². The molecule has 1 aliphatic carbocycles. The van der Waals surface area contributed by atoms with Gasteiger partial charge in [-0.05, 0) is 19.9 Å². The summed E-state index contributed by atoms with van der Waals surface area (Å²) in [4.78, 5) is 0. The maximum absolute atomic E-state index is 3.37. The molecule has 2 rings (SSSR count). The van der Waals surface area contributed by atoms with Crippen LogP contribution in [0.1, 0.15) is 31.7 Å². The minimum absolute atomic E-state index is 0.723. The van der Waals surface area contributed by atoms with Gasteiger partial charge >= 0.3 is 0 Å². The molecule has 1 N–H and O–H groups in total. The zero-order chi connectivity index (χ0) is 9.80. The lowest BCUT2D eigenvalue weighted by Crippen LogP contribution is -2.43. The van der Waals surface area contributed by atoms with Crippen molar-refractivity contribution >= 4 is 0 Å². The second-order valence-electron chi connectivity index (χ2n) is 4.12. The third-order valence-corrected chi connectivity index (χ3v) is 3.27. The summed E-state index contributed by atoms with van der Waals surface area (Å²) in [5, 5.41) is 3.37. The van der Waals surface area contributed by atoms with Crippen LogP contribution >= 0.6 is 0 Å². The van der Waals surface area contributed by atoms with Crippen molar-refractivity contribution < 1.29 is 4.57 Å². The Labute approximate surface area is 86.0 Å². The number of hydrogen-bond donors (Lipinski definition) is 1. The summed E-state index contributed by atoms with van der Waals surface area (Å²) in [6.07, 6.45) is 9.60. The maximum atomic E-state index is 3.37. The van der Waals surface area contributed by atoms with Crippen LogP contribution < -0.4 is 9.88 Å². The van der Waals surface area contributed by atoms with Gasteiger partial charge in [0.05, 0.1) is 0 Å². The second kappa shape index (κ2) is 4.56. The van der Waals surface area contributed by atoms with Crippen molar-refractivity contribution in [3.05, 3.63) is 30.6 Å². The molecule has 2 heteroatoms. The molecule has 0 spiro atoms. The quantitative estimate of drug-likeness (QED) is 0.703. The minimum Gasteiger partial charge on any atom is -0.317 e. The Bertz CT molecular complexity index is 263. The fourth-order valence-electron chi connectivity index (χ4n) is 2.32. The van der Waals surface area contributed by atoms with Crippen molar-refractivity contribution in [3.8, 4) is 0 Å². The molecule has 1 aromatic heterocycles. The molecule has 0 bridgehead atoms. The van der Waals surface area contributed by atoms with Crippen LogP contribution in [-0.2, 0) is 0 Å². The molecule has 2 nitrogen and oxygen atoms in total. The first-order valence-electron chi connectivity index (χ1n) is 5.53. The molecule has 0 unspecified atom stereocenters. The molecule has 1 heterocycles. The van der Waals surface area contributed by atoms with Gasteiger partial charge in [0.15, 0.2) is 18.4 Å². The summed E-state index contributed by atoms with van der Waals surface area (Å²) in [5.74, 6) is 0. The minimum atomic E-state index is 0.723. The maximum Gasteiger partial charge on any atom is 0.169 e. The molecule has 1 saturated carbocycles. The Hall–Kier alpha value is -0.890. The SMILES string of the molecule is CNC1CCC([n+]2ccccc2)CC1. The number of nitrogens with zero attached hydrogens (tertiary/aromatic N) is 1. The Morgan fingerprint density at radius 3 is 2.21 bits per heavy atom. The van der Waals surface area contributed by atoms with Gasteiger partial charge in [-0.1, -0.05) is 6.07 Å². The average Bonchev–Trinajstić information content (AvgIpc) is 2.30. The molecule has 76 valence electrons. The van der Waals surface area contributed by atoms with Gasteiger partial charge in [0.25, 0.3) is 0 Å². The second-order valence-corrected chi connectivity index (χ2v) is 4.12. The van der Waals surface area contributed by atoms with E-state index in [9.17, 15) is 0 Å². The van der Waals surface area contributed by atoms with Crippen LogP contribution in [0.3, 0.4) is 0 Å². The van der Waals surface area contributed by atoms with E-state index < -0.39 is 0 Å². The van der Waals surface area contributed by atoms with E-state index >= 15 is 0 Å². The standard InChI is InChI=1S/C12H19N2/c1-13-11-5-7-12(8-6-11)14-9-3-2-4-10-14/h2-4,9-13H,5-8H2,1H3/q+1. The van der Waals surface area contributed by atoms with Gasteiger partial charge in [0.2, 0.25) is 0 Å². The smallest absolute Gasteiger partial charge is 0.169 e. The Morgan fingerprint density at radius 2 is 1.64 bits per heavy atom. The topological polar surface area (TPSA) is 15.9 Å². The van der Waals surface area contributed by atoms with E-state index in [1.807, 2.05) is 0 Å². The van der Waals surface area contributed by atoms with E-state index in [4.69, 9.17) is 0 Å². The van der Waals surface area contributed by atoms with Crippen LogP contribution in [0.25, 0.3) is 0 Å². The van der Waals surface area contributed by atoms with Gasteiger partial charge in [-0.25, -0.2) is 4.57 Å². The van der Waals surface area contributed by atoms with Crippen LogP contribution in [0, 0.1) is 0 Å². The van der Waals surface area contributed by atoms with Gasteiger partial charge < -0.3 is 5.32 Å². The summed E-state index contributed by atoms with van der Waals surface area (Å²) < 4.78 is 2.35. The molecule has 0 amide bonds. The van der Waals surface area contributed by atoms with Gasteiger partial charge in [0.1, 0.15) is 0 Å². The Balaban J connectivity index is 1.96. The first kappa shape index (κ1) is 9.66. The van der Waals surface area contributed by atoms with Crippen molar-refractivity contribution in [3.63, 3.8) is 0 Å². The first-order valence-corrected chi connectivity index (χ1v) is 5.53. The summed E-state index contributed by atoms with van der Waals surface area (Å²) in [6.45, 7) is 0. The fourth-order valence-corrected chi connectivity index (χ4v) is 2.32. The molecule has 0 atom stereocenters. The predicted molar refractivity (Wildman–Crippen MR) is 57.0 cm³/mol. The average molecular weight is 191 g/mol. The zero-order valence-electron chi connectivity index (χ0n) is 8.82. The molecule has 14 heavy (non-hydrogen) atoms. The van der Waals surface area contributed by atoms with E-state index in [-0.39, 0.29) is 0 Å². The summed E-state index contributed by atoms with van der Waals surface area (Å²) in [7, 11) is 2.07. The monoisotopic (exact) mass is 191 g/mol. The highest BCUT2D eigenvalue weighted by molar-refractivity contribution is 4.84. The largest absolute Gasteiger partial charge is 0.317 e. The molecule has 0 radical (unpaired) electrons. The number of rotatable bonds is 2. The number of nitrogens with one attached hydrogen (secondary N) is 1. The molecule has 0 saturated heterocycles. The van der Waals surface area contributed by atoms with E-state index in [0.29, 0.717) is 0 Å². The van der Waals surface area contributed by atoms with Gasteiger partial charge in [-0.15, -0.1) is 0 Å². The van der Waals surface area contributed by atoms with Gasteiger partial charge in [-0.3, -0.25) is 0 Å². The van der Waals surface area contributed by atoms with E-state index in [1.54, 1.807) is 0 Å². The molecule has 0 aromatic carbocycles. The van der Waals surface area contributed by atoms with Gasteiger partial charge in [0, 0.05) is 31.0 Å². The third kappa shape index (κ3) is 2.13. The van der Waals surface area contributed by atoms with Crippen LogP contribution in [0.5, 0.6) is 0 Å². The predicted octanol–water partition coefficient (Wildman–Crippen LogP) is 1.68. The van der Waals surface area contributed by atoms with Crippen LogP contribution in [0.2, 0.25) is 0 Å². The molecule has 1 aliphatic rings. The van der Waals surface area contributed by atoms with Crippen molar-refractivity contribution in [1.82, 2.24) is 5.32 Å². The lowest BCUT2D eigenvalue weighted by Gasteiger charge is -2.24. The molecular formula is C12H19N2+. The highest BCUT2D eigenvalue weighted by Gasteiger charge is 2.25. The zero-order valence-corrected chi connectivity index (χ0v) is 8.82. The van der Waals surface area contributed by atoms with Crippen molar-refractivity contribution in [2.24, 2.45) is 0 Å². The normalized spacial score (nSPS) is 27.5. The highest BCUT2D eigenvalue weighted by Crippen LogP contribution is 2.23. The van der Waals surface area contributed by atoms with E-state index in [2.05, 4.69) is 47.5 Å². The van der Waals surface area contributed by atoms with Crippen molar-refractivity contribution in [1.29, 1.82) is 0 Å². The van der Waals surface area contributed by atoms with Crippen molar-refractivity contribution in [2.45, 2.75) is 37.8 Å². The molecule has 1 aromatic rings. The molecule has 1 fully saturated rings. The number of pyridine rings is 1. The van der Waals surface area contributed by atoms with Crippen LogP contribution in [0.4, 0.5) is 0 Å². The highest BCUT2D eigenvalue weighted by atomic mass is 15.0. The molecule has 0 aliphatic heterocycles. The number of aromatic nitrogens is 1. The van der Waals surface area contributed by atoms with Crippen LogP contribution in [-0.4, -0.2) is 13.1 Å². The Kier molecular flexibility index (Phi) is 3.14. The van der Waals surface area contributed by atoms with E-state index in [0.717, 1.165) is 12.1 Å². The lowest BCUT2D eigenvalue weighted by molar-refractivity contribution is -0.725. The summed E-state index contributed by atoms with van der Waals surface area (Å²) >= 11 is 0. The number of hydrogen-bond acceptors (Lipinski definition) is 1. The third-order valence-electron chi connectivity index (χ3n) is 3.27. The summed E-state index contributed by atoms with van der Waals surface area (Å²) in [5.41, 5.74) is 0. The summed E-state index contributed by atoms with van der Waals surface area (Å²) in [6, 6.07) is 7.78. The van der Waals surface area contributed by atoms with Crippen molar-refractivity contribution in [2.75, 3.05) is 7.05 Å². The van der Waals surface area contributed by atoms with Gasteiger partial charge in [-0.2, -0.15) is 0 Å².